The maximum atomic E-state index is 3.97. The van der Waals surface area contributed by atoms with Crippen LogP contribution in [-0.4, -0.2) is 23.1 Å². The van der Waals surface area contributed by atoms with Crippen LogP contribution in [0.25, 0.3) is 6.08 Å². The van der Waals surface area contributed by atoms with Crippen molar-refractivity contribution in [2.75, 3.05) is 13.1 Å². The lowest BCUT2D eigenvalue weighted by Crippen LogP contribution is -2.22. The fourth-order valence-electron chi connectivity index (χ4n) is 1.46. The molecule has 1 aliphatic heterocycles. The first-order valence-corrected chi connectivity index (χ1v) is 5.34. The summed E-state index contributed by atoms with van der Waals surface area (Å²) in [7, 11) is 0. The smallest absolute Gasteiger partial charge is 0.0924 e. The molecule has 1 fully saturated rings. The number of nitrogens with zero attached hydrogens (tertiary/aromatic N) is 1. The van der Waals surface area contributed by atoms with Crippen molar-refractivity contribution in [3.63, 3.8) is 0 Å². The molecule has 0 bridgehead atoms. The van der Waals surface area contributed by atoms with Gasteiger partial charge < -0.3 is 10.3 Å². The third kappa shape index (κ3) is 3.34. The minimum Gasteiger partial charge on any atom is -0.345 e. The van der Waals surface area contributed by atoms with Crippen LogP contribution in [0.5, 0.6) is 0 Å². The molecule has 0 aliphatic carbocycles. The number of hydrogen-bond donors (Lipinski definition) is 2. The molecule has 2 heterocycles. The standard InChI is InChI=1S/C9H13N3.C2H6/c1-3-10-4-2-8(1)5-9-6-11-7-12-9;1-2/h5-7,10H,1-4H2,(H,11,12);1-2H3. The van der Waals surface area contributed by atoms with Gasteiger partial charge in [-0.05, 0) is 32.0 Å². The summed E-state index contributed by atoms with van der Waals surface area (Å²) in [6.07, 6.45) is 8.11. The molecule has 2 rings (SSSR count). The summed E-state index contributed by atoms with van der Waals surface area (Å²) in [5.74, 6) is 0. The van der Waals surface area contributed by atoms with Crippen LogP contribution < -0.4 is 5.32 Å². The van der Waals surface area contributed by atoms with E-state index in [1.807, 2.05) is 20.0 Å². The van der Waals surface area contributed by atoms with E-state index in [1.165, 1.54) is 18.4 Å². The van der Waals surface area contributed by atoms with E-state index in [-0.39, 0.29) is 0 Å². The van der Waals surface area contributed by atoms with Gasteiger partial charge in [0.15, 0.2) is 0 Å². The topological polar surface area (TPSA) is 40.7 Å². The molecule has 1 aromatic rings. The molecule has 0 spiro atoms. The van der Waals surface area contributed by atoms with E-state index in [0.717, 1.165) is 18.8 Å². The number of hydrogen-bond acceptors (Lipinski definition) is 2. The van der Waals surface area contributed by atoms with Crippen LogP contribution in [0, 0.1) is 0 Å². The molecule has 0 amide bonds. The molecule has 0 atom stereocenters. The fraction of sp³-hybridized carbons (Fsp3) is 0.545. The van der Waals surface area contributed by atoms with Gasteiger partial charge in [-0.1, -0.05) is 19.4 Å². The molecule has 0 saturated carbocycles. The number of piperidine rings is 1. The van der Waals surface area contributed by atoms with Crippen LogP contribution in [0.2, 0.25) is 0 Å². The zero-order chi connectivity index (χ0) is 10.2. The molecule has 3 nitrogen and oxygen atoms in total. The van der Waals surface area contributed by atoms with Crippen molar-refractivity contribution in [1.29, 1.82) is 0 Å². The Balaban J connectivity index is 0.000000461. The molecule has 0 unspecified atom stereocenters. The SMILES string of the molecule is C(=C1CCNCC1)c1cnc[nH]1.CC. The van der Waals surface area contributed by atoms with Crippen LogP contribution in [-0.2, 0) is 0 Å². The molecule has 2 N–H and O–H groups in total. The monoisotopic (exact) mass is 193 g/mol. The number of aromatic nitrogens is 2. The van der Waals surface area contributed by atoms with Gasteiger partial charge in [0.2, 0.25) is 0 Å². The Hall–Kier alpha value is -1.09. The van der Waals surface area contributed by atoms with Gasteiger partial charge in [-0.15, -0.1) is 0 Å². The Morgan fingerprint density at radius 2 is 2.00 bits per heavy atom. The highest BCUT2D eigenvalue weighted by atomic mass is 14.9. The van der Waals surface area contributed by atoms with Crippen molar-refractivity contribution in [2.45, 2.75) is 26.7 Å². The normalized spacial score (nSPS) is 15.7. The number of rotatable bonds is 1. The summed E-state index contributed by atoms with van der Waals surface area (Å²) >= 11 is 0. The second-order valence-electron chi connectivity index (χ2n) is 3.06. The maximum Gasteiger partial charge on any atom is 0.0924 e. The Kier molecular flexibility index (Phi) is 5.00. The minimum absolute atomic E-state index is 1.11. The summed E-state index contributed by atoms with van der Waals surface area (Å²) in [6.45, 7) is 6.22. The molecule has 1 aliphatic rings. The van der Waals surface area contributed by atoms with Crippen LogP contribution in [0.3, 0.4) is 0 Å². The van der Waals surface area contributed by atoms with Crippen LogP contribution in [0.1, 0.15) is 32.4 Å². The first-order chi connectivity index (χ1) is 6.95. The summed E-state index contributed by atoms with van der Waals surface area (Å²) in [4.78, 5) is 7.05. The summed E-state index contributed by atoms with van der Waals surface area (Å²) in [6, 6.07) is 0. The third-order valence-corrected chi connectivity index (χ3v) is 2.12. The fourth-order valence-corrected chi connectivity index (χ4v) is 1.46. The maximum absolute atomic E-state index is 3.97. The molecular formula is C11H19N3. The van der Waals surface area contributed by atoms with Gasteiger partial charge in [-0.2, -0.15) is 0 Å². The summed E-state index contributed by atoms with van der Waals surface area (Å²) in [5.41, 5.74) is 2.63. The zero-order valence-corrected chi connectivity index (χ0v) is 9.01. The Morgan fingerprint density at radius 3 is 2.57 bits per heavy atom. The molecule has 3 heteroatoms. The molecule has 78 valence electrons. The van der Waals surface area contributed by atoms with Gasteiger partial charge in [0.05, 0.1) is 18.2 Å². The van der Waals surface area contributed by atoms with E-state index >= 15 is 0 Å². The average molecular weight is 193 g/mol. The molecule has 0 aromatic carbocycles. The zero-order valence-electron chi connectivity index (χ0n) is 9.01. The highest BCUT2D eigenvalue weighted by Gasteiger charge is 2.03. The molecular weight excluding hydrogens is 174 g/mol. The van der Waals surface area contributed by atoms with Crippen molar-refractivity contribution < 1.29 is 0 Å². The van der Waals surface area contributed by atoms with E-state index < -0.39 is 0 Å². The summed E-state index contributed by atoms with van der Waals surface area (Å²) in [5, 5.41) is 3.33. The molecule has 14 heavy (non-hydrogen) atoms. The van der Waals surface area contributed by atoms with Crippen molar-refractivity contribution in [2.24, 2.45) is 0 Å². The second-order valence-corrected chi connectivity index (χ2v) is 3.06. The number of aromatic amines is 1. The lowest BCUT2D eigenvalue weighted by molar-refractivity contribution is 0.613. The van der Waals surface area contributed by atoms with Gasteiger partial charge in [-0.3, -0.25) is 0 Å². The predicted molar refractivity (Wildman–Crippen MR) is 60.0 cm³/mol. The van der Waals surface area contributed by atoms with Gasteiger partial charge in [0.1, 0.15) is 0 Å². The van der Waals surface area contributed by atoms with Crippen LogP contribution >= 0.6 is 0 Å². The first kappa shape index (κ1) is 11.0. The lowest BCUT2D eigenvalue weighted by Gasteiger charge is -2.14. The van der Waals surface area contributed by atoms with Gasteiger partial charge in [0.25, 0.3) is 0 Å². The Morgan fingerprint density at radius 1 is 1.29 bits per heavy atom. The van der Waals surface area contributed by atoms with Crippen LogP contribution in [0.4, 0.5) is 0 Å². The highest BCUT2D eigenvalue weighted by Crippen LogP contribution is 2.13. The molecule has 1 saturated heterocycles. The second kappa shape index (κ2) is 6.38. The van der Waals surface area contributed by atoms with Gasteiger partial charge in [-0.25, -0.2) is 4.98 Å². The van der Waals surface area contributed by atoms with E-state index in [0.29, 0.717) is 0 Å². The molecule has 0 radical (unpaired) electrons. The van der Waals surface area contributed by atoms with E-state index in [2.05, 4.69) is 21.4 Å². The number of nitrogens with one attached hydrogen (secondary N) is 2. The average Bonchev–Trinajstić information content (AvgIpc) is 2.75. The van der Waals surface area contributed by atoms with Crippen molar-refractivity contribution >= 4 is 6.08 Å². The Bertz CT molecular complexity index is 254. The van der Waals surface area contributed by atoms with Crippen molar-refractivity contribution in [3.8, 4) is 0 Å². The number of H-pyrrole nitrogens is 1. The largest absolute Gasteiger partial charge is 0.345 e. The van der Waals surface area contributed by atoms with Crippen molar-refractivity contribution in [1.82, 2.24) is 15.3 Å². The number of imidazole rings is 1. The minimum atomic E-state index is 1.11. The summed E-state index contributed by atoms with van der Waals surface area (Å²) < 4.78 is 0. The van der Waals surface area contributed by atoms with E-state index in [4.69, 9.17) is 0 Å². The lowest BCUT2D eigenvalue weighted by atomic mass is 10.0. The molecule has 1 aromatic heterocycles. The third-order valence-electron chi connectivity index (χ3n) is 2.12. The van der Waals surface area contributed by atoms with E-state index in [1.54, 1.807) is 6.33 Å². The quantitative estimate of drug-likeness (QED) is 0.718. The van der Waals surface area contributed by atoms with Gasteiger partial charge >= 0.3 is 0 Å². The van der Waals surface area contributed by atoms with Crippen LogP contribution in [0.15, 0.2) is 18.1 Å². The Labute approximate surface area is 85.6 Å². The van der Waals surface area contributed by atoms with Gasteiger partial charge in [0, 0.05) is 0 Å². The predicted octanol–water partition coefficient (Wildman–Crippen LogP) is 2.20. The van der Waals surface area contributed by atoms with Crippen molar-refractivity contribution in [3.05, 3.63) is 23.8 Å². The van der Waals surface area contributed by atoms with E-state index in [9.17, 15) is 0 Å². The highest BCUT2D eigenvalue weighted by molar-refractivity contribution is 5.48. The first-order valence-electron chi connectivity index (χ1n) is 5.34.